The van der Waals surface area contributed by atoms with Gasteiger partial charge in [-0.1, -0.05) is 6.07 Å². The Kier molecular flexibility index (Phi) is 6.60. The Morgan fingerprint density at radius 2 is 1.77 bits per heavy atom. The van der Waals surface area contributed by atoms with Crippen molar-refractivity contribution in [2.45, 2.75) is 38.9 Å². The molecule has 0 bridgehead atoms. The Bertz CT molecular complexity index is 990. The third-order valence-electron chi connectivity index (χ3n) is 5.35. The normalized spacial score (nSPS) is 16.6. The van der Waals surface area contributed by atoms with Gasteiger partial charge in [-0.15, -0.1) is 0 Å². The van der Waals surface area contributed by atoms with Crippen molar-refractivity contribution in [2.24, 2.45) is 0 Å². The van der Waals surface area contributed by atoms with Crippen molar-refractivity contribution >= 4 is 24.7 Å². The zero-order valence-corrected chi connectivity index (χ0v) is 18.3. The van der Waals surface area contributed by atoms with Gasteiger partial charge in [0.2, 0.25) is 11.8 Å². The molecular formula is C21H25BN4O5. The fourth-order valence-electron chi connectivity index (χ4n) is 2.89. The zero-order valence-electron chi connectivity index (χ0n) is 18.3. The number of aromatic nitrogens is 2. The summed E-state index contributed by atoms with van der Waals surface area (Å²) in [5, 5.41) is 12.3. The van der Waals surface area contributed by atoms with E-state index in [1.54, 1.807) is 31.4 Å². The van der Waals surface area contributed by atoms with Gasteiger partial charge in [0.1, 0.15) is 17.6 Å². The van der Waals surface area contributed by atoms with Crippen LogP contribution in [0, 0.1) is 11.3 Å². The highest BCUT2D eigenvalue weighted by Crippen LogP contribution is 2.36. The number of aldehydes is 1. The molecule has 162 valence electrons. The van der Waals surface area contributed by atoms with E-state index in [9.17, 15) is 10.1 Å². The van der Waals surface area contributed by atoms with Crippen LogP contribution in [-0.2, 0) is 14.0 Å². The first kappa shape index (κ1) is 22.7. The fourth-order valence-corrected chi connectivity index (χ4v) is 2.89. The van der Waals surface area contributed by atoms with Gasteiger partial charge in [-0.05, 0) is 33.8 Å². The van der Waals surface area contributed by atoms with Crippen LogP contribution in [0.15, 0.2) is 24.3 Å². The largest absolute Gasteiger partial charge is 0.497 e. The molecule has 0 amide bonds. The van der Waals surface area contributed by atoms with Crippen molar-refractivity contribution in [3.8, 4) is 17.8 Å². The molecule has 3 rings (SSSR count). The minimum Gasteiger partial charge on any atom is -0.421 e. The van der Waals surface area contributed by atoms with Crippen molar-refractivity contribution in [1.29, 1.82) is 5.26 Å². The maximum Gasteiger partial charge on any atom is 0.497 e. The van der Waals surface area contributed by atoms with E-state index in [1.807, 2.05) is 27.7 Å². The van der Waals surface area contributed by atoms with Crippen LogP contribution in [0.5, 0.6) is 11.8 Å². The van der Waals surface area contributed by atoms with Crippen molar-refractivity contribution < 1.29 is 23.6 Å². The van der Waals surface area contributed by atoms with Gasteiger partial charge in [0.25, 0.3) is 0 Å². The molecular weight excluding hydrogens is 399 g/mol. The van der Waals surface area contributed by atoms with Crippen LogP contribution < -0.4 is 15.5 Å². The second-order valence-electron chi connectivity index (χ2n) is 8.01. The molecule has 0 aromatic carbocycles. The molecule has 1 fully saturated rings. The predicted molar refractivity (Wildman–Crippen MR) is 115 cm³/mol. The van der Waals surface area contributed by atoms with E-state index >= 15 is 0 Å². The van der Waals surface area contributed by atoms with Gasteiger partial charge in [-0.3, -0.25) is 4.79 Å². The van der Waals surface area contributed by atoms with Crippen LogP contribution in [0.3, 0.4) is 0 Å². The van der Waals surface area contributed by atoms with Gasteiger partial charge in [0.15, 0.2) is 6.29 Å². The topological polar surface area (TPSA) is 116 Å². The first-order valence-electron chi connectivity index (χ1n) is 9.84. The van der Waals surface area contributed by atoms with Gasteiger partial charge >= 0.3 is 7.12 Å². The van der Waals surface area contributed by atoms with E-state index in [1.165, 1.54) is 0 Å². The molecule has 0 saturated carbocycles. The summed E-state index contributed by atoms with van der Waals surface area (Å²) in [4.78, 5) is 20.3. The number of methoxy groups -OCH3 is 1. The van der Waals surface area contributed by atoms with Gasteiger partial charge in [-0.2, -0.15) is 10.2 Å². The number of nitrogens with one attached hydrogen (secondary N) is 1. The van der Waals surface area contributed by atoms with Crippen molar-refractivity contribution in [1.82, 2.24) is 9.97 Å². The molecule has 1 N–H and O–H groups in total. The molecule has 2 aromatic rings. The van der Waals surface area contributed by atoms with Gasteiger partial charge in [0, 0.05) is 31.3 Å². The molecule has 31 heavy (non-hydrogen) atoms. The highest BCUT2D eigenvalue weighted by atomic mass is 16.7. The molecule has 0 spiro atoms. The Morgan fingerprint density at radius 3 is 2.39 bits per heavy atom. The van der Waals surface area contributed by atoms with Crippen LogP contribution in [-0.4, -0.2) is 54.8 Å². The number of pyridine rings is 2. The summed E-state index contributed by atoms with van der Waals surface area (Å²) in [6, 6.07) is 8.53. The molecule has 3 heterocycles. The second kappa shape index (κ2) is 9.02. The quantitative estimate of drug-likeness (QED) is 0.387. The van der Waals surface area contributed by atoms with E-state index in [0.29, 0.717) is 36.3 Å². The molecule has 1 saturated heterocycles. The predicted octanol–water partition coefficient (Wildman–Crippen LogP) is 2.31. The van der Waals surface area contributed by atoms with E-state index in [0.717, 1.165) is 0 Å². The summed E-state index contributed by atoms with van der Waals surface area (Å²) in [5.74, 6) is 0.788. The van der Waals surface area contributed by atoms with E-state index in [-0.39, 0.29) is 17.5 Å². The average Bonchev–Trinajstić information content (AvgIpc) is 2.95. The summed E-state index contributed by atoms with van der Waals surface area (Å²) in [7, 11) is 0.875. The van der Waals surface area contributed by atoms with Crippen LogP contribution in [0.1, 0.15) is 43.7 Å². The van der Waals surface area contributed by atoms with Crippen molar-refractivity contribution in [2.75, 3.05) is 25.6 Å². The number of hydrogen-bond acceptors (Lipinski definition) is 9. The smallest absolute Gasteiger partial charge is 0.421 e. The maximum absolute atomic E-state index is 11.7. The number of rotatable bonds is 8. The summed E-state index contributed by atoms with van der Waals surface area (Å²) >= 11 is 0. The van der Waals surface area contributed by atoms with Crippen LogP contribution in [0.2, 0.25) is 0 Å². The lowest BCUT2D eigenvalue weighted by Crippen LogP contribution is -2.41. The molecule has 0 radical (unpaired) electrons. The Balaban J connectivity index is 1.82. The molecule has 0 atom stereocenters. The first-order valence-corrected chi connectivity index (χ1v) is 9.84. The van der Waals surface area contributed by atoms with Crippen LogP contribution in [0.25, 0.3) is 0 Å². The van der Waals surface area contributed by atoms with E-state index in [4.69, 9.17) is 18.8 Å². The standard InChI is InChI=1S/C21H25BN4O5/c1-20(2)21(3,4)31-22(30-20)15-7-9-17(25-16(15)13-27)29-18-8-6-14(12-23)19(26-18)24-10-11-28-5/h6-9,13H,10-11H2,1-5H3,(H,24,26). The molecule has 1 aliphatic rings. The minimum atomic E-state index is -0.712. The monoisotopic (exact) mass is 424 g/mol. The van der Waals surface area contributed by atoms with Crippen LogP contribution in [0.4, 0.5) is 5.82 Å². The highest BCUT2D eigenvalue weighted by Gasteiger charge is 2.52. The zero-order chi connectivity index (χ0) is 22.6. The molecule has 0 aliphatic carbocycles. The summed E-state index contributed by atoms with van der Waals surface area (Å²) in [6.45, 7) is 8.70. The highest BCUT2D eigenvalue weighted by molar-refractivity contribution is 6.63. The second-order valence-corrected chi connectivity index (χ2v) is 8.01. The number of nitrogens with zero attached hydrogens (tertiary/aromatic N) is 3. The number of ether oxygens (including phenoxy) is 2. The third-order valence-corrected chi connectivity index (χ3v) is 5.35. The molecule has 0 unspecified atom stereocenters. The summed E-state index contributed by atoms with van der Waals surface area (Å²) < 4.78 is 22.8. The number of carbonyl (C=O) groups is 1. The lowest BCUT2D eigenvalue weighted by molar-refractivity contribution is 0.00578. The maximum atomic E-state index is 11.7. The summed E-state index contributed by atoms with van der Waals surface area (Å²) in [5.41, 5.74) is -0.0167. The van der Waals surface area contributed by atoms with E-state index < -0.39 is 18.3 Å². The lowest BCUT2D eigenvalue weighted by Gasteiger charge is -2.32. The Hall–Kier alpha value is -3.00. The molecule has 1 aliphatic heterocycles. The van der Waals surface area contributed by atoms with Gasteiger partial charge in [-0.25, -0.2) is 4.98 Å². The molecule has 9 nitrogen and oxygen atoms in total. The fraction of sp³-hybridized carbons (Fsp3) is 0.429. The molecule has 2 aromatic heterocycles. The Morgan fingerprint density at radius 1 is 1.13 bits per heavy atom. The number of nitriles is 1. The number of hydrogen-bond donors (Lipinski definition) is 1. The van der Waals surface area contributed by atoms with Crippen molar-refractivity contribution in [3.63, 3.8) is 0 Å². The average molecular weight is 424 g/mol. The first-order chi connectivity index (χ1) is 14.7. The number of anilines is 1. The molecule has 10 heteroatoms. The van der Waals surface area contributed by atoms with E-state index in [2.05, 4.69) is 21.4 Å². The van der Waals surface area contributed by atoms with Gasteiger partial charge in [0.05, 0.1) is 23.4 Å². The number of carbonyl (C=O) groups excluding carboxylic acids is 1. The SMILES string of the molecule is COCCNc1nc(Oc2ccc(B3OC(C)(C)C(C)(C)O3)c(C=O)n2)ccc1C#N. The summed E-state index contributed by atoms with van der Waals surface area (Å²) in [6.07, 6.45) is 0.636. The van der Waals surface area contributed by atoms with Gasteiger partial charge < -0.3 is 24.1 Å². The minimum absolute atomic E-state index is 0.156. The lowest BCUT2D eigenvalue weighted by atomic mass is 9.78. The Labute approximate surface area is 181 Å². The third kappa shape index (κ3) is 4.85. The van der Waals surface area contributed by atoms with Crippen LogP contribution >= 0.6 is 0 Å². The van der Waals surface area contributed by atoms with Crippen molar-refractivity contribution in [3.05, 3.63) is 35.5 Å².